The summed E-state index contributed by atoms with van der Waals surface area (Å²) in [5.74, 6) is -0.00772. The van der Waals surface area contributed by atoms with E-state index in [-0.39, 0.29) is 24.4 Å². The van der Waals surface area contributed by atoms with Gasteiger partial charge >= 0.3 is 0 Å². The Morgan fingerprint density at radius 2 is 2.06 bits per heavy atom. The molecule has 1 saturated heterocycles. The number of nitrogens with zero attached hydrogens (tertiary/aromatic N) is 1. The van der Waals surface area contributed by atoms with Gasteiger partial charge in [-0.15, -0.1) is 12.4 Å². The van der Waals surface area contributed by atoms with Crippen molar-refractivity contribution in [1.29, 1.82) is 0 Å². The van der Waals surface area contributed by atoms with Crippen LogP contribution in [0.5, 0.6) is 0 Å². The zero-order valence-electron chi connectivity index (χ0n) is 8.32. The number of amides is 1. The number of hydrogen-bond acceptors (Lipinski definition) is 2. The lowest BCUT2D eigenvalue weighted by atomic mass is 10.3. The number of nitrogens with two attached hydrogens (primary N) is 1. The van der Waals surface area contributed by atoms with Crippen molar-refractivity contribution in [3.8, 4) is 0 Å². The van der Waals surface area contributed by atoms with Gasteiger partial charge in [-0.25, -0.2) is 0 Å². The van der Waals surface area contributed by atoms with Crippen LogP contribution in [0.3, 0.4) is 0 Å². The zero-order valence-corrected chi connectivity index (χ0v) is 10.6. The molecule has 6 heteroatoms. The molecule has 16 heavy (non-hydrogen) atoms. The van der Waals surface area contributed by atoms with Gasteiger partial charge in [-0.1, -0.05) is 29.3 Å². The molecule has 1 heterocycles. The van der Waals surface area contributed by atoms with E-state index in [9.17, 15) is 4.79 Å². The third-order valence-corrected chi connectivity index (χ3v) is 3.19. The molecule has 2 rings (SSSR count). The van der Waals surface area contributed by atoms with Crippen molar-refractivity contribution in [2.24, 2.45) is 5.73 Å². The molecule has 1 aromatic rings. The number of anilines is 1. The summed E-state index contributed by atoms with van der Waals surface area (Å²) in [6.45, 7) is 0.499. The summed E-state index contributed by atoms with van der Waals surface area (Å²) in [6, 6.07) is 5.10. The Morgan fingerprint density at radius 3 is 2.62 bits per heavy atom. The highest BCUT2D eigenvalue weighted by Crippen LogP contribution is 2.34. The molecule has 1 amide bonds. The number of rotatable bonds is 1. The van der Waals surface area contributed by atoms with E-state index in [1.54, 1.807) is 23.1 Å². The SMILES string of the molecule is Cl.NC1CC(=O)N(c2cccc(Cl)c2Cl)C1. The lowest BCUT2D eigenvalue weighted by Crippen LogP contribution is -2.28. The number of halogens is 3. The van der Waals surface area contributed by atoms with Gasteiger partial charge in [0.05, 0.1) is 15.7 Å². The van der Waals surface area contributed by atoms with Crippen molar-refractivity contribution < 1.29 is 4.79 Å². The van der Waals surface area contributed by atoms with Crippen LogP contribution in [0.25, 0.3) is 0 Å². The largest absolute Gasteiger partial charge is 0.326 e. The van der Waals surface area contributed by atoms with Crippen molar-refractivity contribution in [2.75, 3.05) is 11.4 Å². The van der Waals surface area contributed by atoms with Gasteiger partial charge in [0.1, 0.15) is 0 Å². The predicted octanol–water partition coefficient (Wildman–Crippen LogP) is 2.48. The molecule has 1 unspecified atom stereocenters. The summed E-state index contributed by atoms with van der Waals surface area (Å²) < 4.78 is 0. The third kappa shape index (κ3) is 2.43. The molecule has 1 aromatic carbocycles. The van der Waals surface area contributed by atoms with Crippen LogP contribution in [0.15, 0.2) is 18.2 Å². The van der Waals surface area contributed by atoms with Gasteiger partial charge in [0, 0.05) is 19.0 Å². The maximum Gasteiger partial charge on any atom is 0.228 e. The topological polar surface area (TPSA) is 46.3 Å². The van der Waals surface area contributed by atoms with Crippen LogP contribution < -0.4 is 10.6 Å². The first-order valence-electron chi connectivity index (χ1n) is 4.59. The minimum absolute atomic E-state index is 0. The number of carbonyl (C=O) groups is 1. The Balaban J connectivity index is 0.00000128. The number of hydrogen-bond donors (Lipinski definition) is 1. The molecule has 0 aromatic heterocycles. The minimum atomic E-state index is -0.118. The van der Waals surface area contributed by atoms with E-state index < -0.39 is 0 Å². The van der Waals surface area contributed by atoms with Crippen LogP contribution in [-0.2, 0) is 4.79 Å². The van der Waals surface area contributed by atoms with Gasteiger partial charge < -0.3 is 10.6 Å². The predicted molar refractivity (Wildman–Crippen MR) is 68.7 cm³/mol. The van der Waals surface area contributed by atoms with Crippen LogP contribution in [0.4, 0.5) is 5.69 Å². The third-order valence-electron chi connectivity index (χ3n) is 2.38. The monoisotopic (exact) mass is 280 g/mol. The molecule has 0 saturated carbocycles. The first kappa shape index (κ1) is 13.6. The van der Waals surface area contributed by atoms with Gasteiger partial charge in [-0.2, -0.15) is 0 Å². The van der Waals surface area contributed by atoms with Crippen molar-refractivity contribution in [2.45, 2.75) is 12.5 Å². The van der Waals surface area contributed by atoms with Crippen LogP contribution in [0.2, 0.25) is 10.0 Å². The highest BCUT2D eigenvalue weighted by Gasteiger charge is 2.29. The van der Waals surface area contributed by atoms with E-state index >= 15 is 0 Å². The summed E-state index contributed by atoms with van der Waals surface area (Å²) in [6.07, 6.45) is 0.364. The standard InChI is InChI=1S/C10H10Cl2N2O.ClH/c11-7-2-1-3-8(10(7)12)14-5-6(13)4-9(14)15;/h1-3,6H,4-5,13H2;1H. The second-order valence-corrected chi connectivity index (χ2v) is 4.33. The lowest BCUT2D eigenvalue weighted by molar-refractivity contribution is -0.117. The zero-order chi connectivity index (χ0) is 11.0. The summed E-state index contributed by atoms with van der Waals surface area (Å²) in [4.78, 5) is 13.2. The second-order valence-electron chi connectivity index (χ2n) is 3.54. The van der Waals surface area contributed by atoms with Crippen molar-refractivity contribution in [1.82, 2.24) is 0 Å². The Labute approximate surface area is 110 Å². The summed E-state index contributed by atoms with van der Waals surface area (Å²) in [7, 11) is 0. The lowest BCUT2D eigenvalue weighted by Gasteiger charge is -2.17. The second kappa shape index (κ2) is 5.23. The molecule has 3 nitrogen and oxygen atoms in total. The van der Waals surface area contributed by atoms with E-state index in [4.69, 9.17) is 28.9 Å². The van der Waals surface area contributed by atoms with Gasteiger partial charge in [0.25, 0.3) is 0 Å². The molecule has 0 spiro atoms. The Hall–Kier alpha value is -0.480. The smallest absolute Gasteiger partial charge is 0.228 e. The molecule has 0 aliphatic carbocycles. The van der Waals surface area contributed by atoms with Crippen LogP contribution >= 0.6 is 35.6 Å². The summed E-state index contributed by atoms with van der Waals surface area (Å²) in [5.41, 5.74) is 6.34. The van der Waals surface area contributed by atoms with Gasteiger partial charge in [0.2, 0.25) is 5.91 Å². The maximum atomic E-state index is 11.6. The van der Waals surface area contributed by atoms with Crippen molar-refractivity contribution in [3.05, 3.63) is 28.2 Å². The molecule has 1 fully saturated rings. The van der Waals surface area contributed by atoms with Gasteiger partial charge in [0.15, 0.2) is 0 Å². The van der Waals surface area contributed by atoms with E-state index in [1.165, 1.54) is 0 Å². The minimum Gasteiger partial charge on any atom is -0.326 e. The number of carbonyl (C=O) groups excluding carboxylic acids is 1. The van der Waals surface area contributed by atoms with E-state index in [2.05, 4.69) is 0 Å². The van der Waals surface area contributed by atoms with Crippen molar-refractivity contribution in [3.63, 3.8) is 0 Å². The highest BCUT2D eigenvalue weighted by molar-refractivity contribution is 6.44. The van der Waals surface area contributed by atoms with E-state index in [0.717, 1.165) is 0 Å². The first-order chi connectivity index (χ1) is 7.09. The molecule has 88 valence electrons. The van der Waals surface area contributed by atoms with Gasteiger partial charge in [-0.3, -0.25) is 4.79 Å². The highest BCUT2D eigenvalue weighted by atomic mass is 35.5. The number of benzene rings is 1. The fourth-order valence-electron chi connectivity index (χ4n) is 1.67. The molecule has 1 aliphatic rings. The fourth-order valence-corrected chi connectivity index (χ4v) is 2.07. The molecule has 0 bridgehead atoms. The first-order valence-corrected chi connectivity index (χ1v) is 5.35. The Morgan fingerprint density at radius 1 is 1.38 bits per heavy atom. The van der Waals surface area contributed by atoms with Gasteiger partial charge in [-0.05, 0) is 12.1 Å². The fraction of sp³-hybridized carbons (Fsp3) is 0.300. The average molecular weight is 282 g/mol. The van der Waals surface area contributed by atoms with Crippen LogP contribution in [0.1, 0.15) is 6.42 Å². The van der Waals surface area contributed by atoms with Crippen molar-refractivity contribution >= 4 is 47.2 Å². The molecular weight excluding hydrogens is 270 g/mol. The van der Waals surface area contributed by atoms with E-state index in [1.807, 2.05) is 0 Å². The normalized spacial score (nSPS) is 19.8. The quantitative estimate of drug-likeness (QED) is 0.859. The Kier molecular flexibility index (Phi) is 4.44. The molecule has 1 atom stereocenters. The summed E-state index contributed by atoms with van der Waals surface area (Å²) >= 11 is 11.9. The molecule has 1 aliphatic heterocycles. The summed E-state index contributed by atoms with van der Waals surface area (Å²) in [5, 5.41) is 0.851. The molecular formula is C10H11Cl3N2O. The molecule has 0 radical (unpaired) electrons. The Bertz CT molecular complexity index is 411. The average Bonchev–Trinajstić information content (AvgIpc) is 2.50. The van der Waals surface area contributed by atoms with Crippen LogP contribution in [-0.4, -0.2) is 18.5 Å². The molecule has 2 N–H and O–H groups in total. The van der Waals surface area contributed by atoms with E-state index in [0.29, 0.717) is 28.7 Å². The maximum absolute atomic E-state index is 11.6. The van der Waals surface area contributed by atoms with Crippen LogP contribution in [0, 0.1) is 0 Å².